The van der Waals surface area contributed by atoms with E-state index in [2.05, 4.69) is 15.3 Å². The van der Waals surface area contributed by atoms with Crippen molar-refractivity contribution in [1.82, 2.24) is 9.97 Å². The summed E-state index contributed by atoms with van der Waals surface area (Å²) < 4.78 is 10.6. The van der Waals surface area contributed by atoms with Crippen molar-refractivity contribution in [1.29, 1.82) is 0 Å². The number of nitrogens with zero attached hydrogens (tertiary/aromatic N) is 1. The van der Waals surface area contributed by atoms with Crippen LogP contribution in [0.5, 0.6) is 11.5 Å². The third kappa shape index (κ3) is 3.98. The van der Waals surface area contributed by atoms with Crippen LogP contribution in [0.3, 0.4) is 0 Å². The van der Waals surface area contributed by atoms with Gasteiger partial charge in [-0.2, -0.15) is 0 Å². The zero-order valence-electron chi connectivity index (χ0n) is 14.3. The van der Waals surface area contributed by atoms with Crippen molar-refractivity contribution in [2.75, 3.05) is 19.5 Å². The normalized spacial score (nSPS) is 10.4. The van der Waals surface area contributed by atoms with E-state index in [1.807, 2.05) is 31.2 Å². The standard InChI is InChI=1S/C19H19N3O3/c1-12-4-6-14(7-5-12)20-19-21-17(11-18(23)22-19)13-8-15(24-2)10-16(9-13)25-3/h4-11H,1-3H3,(H2,20,21,22,23). The number of aromatic amines is 1. The fourth-order valence-corrected chi connectivity index (χ4v) is 2.39. The fraction of sp³-hybridized carbons (Fsp3) is 0.158. The van der Waals surface area contributed by atoms with Crippen molar-refractivity contribution < 1.29 is 9.47 Å². The Morgan fingerprint density at radius 2 is 1.60 bits per heavy atom. The summed E-state index contributed by atoms with van der Waals surface area (Å²) in [6.45, 7) is 2.01. The van der Waals surface area contributed by atoms with Gasteiger partial charge in [0, 0.05) is 23.4 Å². The van der Waals surface area contributed by atoms with Gasteiger partial charge in [0.1, 0.15) is 11.5 Å². The molecule has 0 aliphatic heterocycles. The Morgan fingerprint density at radius 3 is 2.20 bits per heavy atom. The lowest BCUT2D eigenvalue weighted by atomic mass is 10.1. The minimum atomic E-state index is -0.249. The number of aryl methyl sites for hydroxylation is 1. The highest BCUT2D eigenvalue weighted by Gasteiger charge is 2.08. The highest BCUT2D eigenvalue weighted by molar-refractivity contribution is 5.65. The van der Waals surface area contributed by atoms with Gasteiger partial charge in [0.2, 0.25) is 5.95 Å². The first-order valence-corrected chi connectivity index (χ1v) is 7.76. The lowest BCUT2D eigenvalue weighted by Gasteiger charge is -2.10. The van der Waals surface area contributed by atoms with Gasteiger partial charge < -0.3 is 14.8 Å². The van der Waals surface area contributed by atoms with E-state index < -0.39 is 0 Å². The monoisotopic (exact) mass is 337 g/mol. The van der Waals surface area contributed by atoms with Crippen molar-refractivity contribution in [3.63, 3.8) is 0 Å². The molecular weight excluding hydrogens is 318 g/mol. The predicted molar refractivity (Wildman–Crippen MR) is 97.9 cm³/mol. The van der Waals surface area contributed by atoms with Crippen LogP contribution in [0.2, 0.25) is 0 Å². The Balaban J connectivity index is 1.99. The summed E-state index contributed by atoms with van der Waals surface area (Å²) in [5.74, 6) is 1.63. The number of hydrogen-bond donors (Lipinski definition) is 2. The first-order chi connectivity index (χ1) is 12.1. The molecule has 2 N–H and O–H groups in total. The molecule has 25 heavy (non-hydrogen) atoms. The molecule has 0 fully saturated rings. The number of benzene rings is 2. The van der Waals surface area contributed by atoms with E-state index in [1.165, 1.54) is 6.07 Å². The molecule has 0 atom stereocenters. The van der Waals surface area contributed by atoms with Crippen molar-refractivity contribution >= 4 is 11.6 Å². The Morgan fingerprint density at radius 1 is 0.960 bits per heavy atom. The summed E-state index contributed by atoms with van der Waals surface area (Å²) in [5, 5.41) is 3.11. The van der Waals surface area contributed by atoms with Crippen LogP contribution in [0.25, 0.3) is 11.3 Å². The van der Waals surface area contributed by atoms with Gasteiger partial charge in [-0.3, -0.25) is 9.78 Å². The Labute approximate surface area is 145 Å². The van der Waals surface area contributed by atoms with Gasteiger partial charge in [0.05, 0.1) is 19.9 Å². The maximum Gasteiger partial charge on any atom is 0.252 e. The van der Waals surface area contributed by atoms with Gasteiger partial charge in [0.15, 0.2) is 0 Å². The number of rotatable bonds is 5. The van der Waals surface area contributed by atoms with E-state index in [-0.39, 0.29) is 5.56 Å². The second kappa shape index (κ2) is 7.09. The summed E-state index contributed by atoms with van der Waals surface area (Å²) >= 11 is 0. The molecular formula is C19H19N3O3. The summed E-state index contributed by atoms with van der Waals surface area (Å²) in [6, 6.07) is 14.6. The third-order valence-corrected chi connectivity index (χ3v) is 3.70. The molecule has 3 rings (SSSR count). The number of ether oxygens (including phenoxy) is 2. The van der Waals surface area contributed by atoms with Crippen LogP contribution < -0.4 is 20.3 Å². The third-order valence-electron chi connectivity index (χ3n) is 3.70. The molecule has 1 heterocycles. The SMILES string of the molecule is COc1cc(OC)cc(-c2cc(=O)[nH]c(Nc3ccc(C)cc3)n2)c1. The maximum atomic E-state index is 12.0. The molecule has 0 saturated carbocycles. The average Bonchev–Trinajstić information content (AvgIpc) is 2.62. The molecule has 0 amide bonds. The van der Waals surface area contributed by atoms with Crippen LogP contribution in [0.1, 0.15) is 5.56 Å². The number of methoxy groups -OCH3 is 2. The number of H-pyrrole nitrogens is 1. The number of hydrogen-bond acceptors (Lipinski definition) is 5. The van der Waals surface area contributed by atoms with Crippen molar-refractivity contribution in [2.24, 2.45) is 0 Å². The van der Waals surface area contributed by atoms with E-state index in [9.17, 15) is 4.79 Å². The van der Waals surface area contributed by atoms with Gasteiger partial charge in [-0.05, 0) is 31.2 Å². The van der Waals surface area contributed by atoms with Gasteiger partial charge in [-0.15, -0.1) is 0 Å². The second-order valence-corrected chi connectivity index (χ2v) is 5.57. The predicted octanol–water partition coefficient (Wildman–Crippen LogP) is 3.51. The molecule has 0 spiro atoms. The highest BCUT2D eigenvalue weighted by atomic mass is 16.5. The van der Waals surface area contributed by atoms with Gasteiger partial charge in [-0.1, -0.05) is 17.7 Å². The number of nitrogens with one attached hydrogen (secondary N) is 2. The quantitative estimate of drug-likeness (QED) is 0.745. The molecule has 0 saturated heterocycles. The zero-order chi connectivity index (χ0) is 17.8. The number of aromatic nitrogens is 2. The van der Waals surface area contributed by atoms with Crippen LogP contribution in [0.4, 0.5) is 11.6 Å². The minimum absolute atomic E-state index is 0.249. The van der Waals surface area contributed by atoms with Gasteiger partial charge in [-0.25, -0.2) is 4.98 Å². The lowest BCUT2D eigenvalue weighted by Crippen LogP contribution is -2.10. The summed E-state index contributed by atoms with van der Waals surface area (Å²) in [7, 11) is 3.16. The molecule has 1 aromatic heterocycles. The summed E-state index contributed by atoms with van der Waals surface area (Å²) in [4.78, 5) is 19.2. The van der Waals surface area contributed by atoms with Gasteiger partial charge in [0.25, 0.3) is 5.56 Å². The van der Waals surface area contributed by atoms with Crippen LogP contribution in [-0.4, -0.2) is 24.2 Å². The van der Waals surface area contributed by atoms with Crippen LogP contribution in [0.15, 0.2) is 53.3 Å². The molecule has 0 bridgehead atoms. The minimum Gasteiger partial charge on any atom is -0.497 e. The van der Waals surface area contributed by atoms with E-state index in [4.69, 9.17) is 9.47 Å². The largest absolute Gasteiger partial charge is 0.497 e. The molecule has 0 aliphatic rings. The first kappa shape index (κ1) is 16.6. The fourth-order valence-electron chi connectivity index (χ4n) is 2.39. The first-order valence-electron chi connectivity index (χ1n) is 7.76. The van der Waals surface area contributed by atoms with Crippen LogP contribution in [0, 0.1) is 6.92 Å². The molecule has 2 aromatic carbocycles. The summed E-state index contributed by atoms with van der Waals surface area (Å²) in [5.41, 5.74) is 3.00. The van der Waals surface area contributed by atoms with E-state index in [0.717, 1.165) is 16.8 Å². The molecule has 128 valence electrons. The number of anilines is 2. The Hall–Kier alpha value is -3.28. The van der Waals surface area contributed by atoms with Crippen molar-refractivity contribution in [2.45, 2.75) is 6.92 Å². The molecule has 6 heteroatoms. The van der Waals surface area contributed by atoms with Crippen LogP contribution >= 0.6 is 0 Å². The van der Waals surface area contributed by atoms with Gasteiger partial charge >= 0.3 is 0 Å². The smallest absolute Gasteiger partial charge is 0.252 e. The second-order valence-electron chi connectivity index (χ2n) is 5.57. The Kier molecular flexibility index (Phi) is 4.70. The topological polar surface area (TPSA) is 76.2 Å². The van der Waals surface area contributed by atoms with Crippen molar-refractivity contribution in [3.8, 4) is 22.8 Å². The average molecular weight is 337 g/mol. The molecule has 3 aromatic rings. The molecule has 6 nitrogen and oxygen atoms in total. The lowest BCUT2D eigenvalue weighted by molar-refractivity contribution is 0.394. The Bertz CT molecular complexity index is 911. The molecule has 0 unspecified atom stereocenters. The molecule has 0 aliphatic carbocycles. The summed E-state index contributed by atoms with van der Waals surface area (Å²) in [6.07, 6.45) is 0. The van der Waals surface area contributed by atoms with Crippen LogP contribution in [-0.2, 0) is 0 Å². The highest BCUT2D eigenvalue weighted by Crippen LogP contribution is 2.28. The van der Waals surface area contributed by atoms with E-state index in [1.54, 1.807) is 32.4 Å². The maximum absolute atomic E-state index is 12.0. The van der Waals surface area contributed by atoms with E-state index >= 15 is 0 Å². The molecule has 0 radical (unpaired) electrons. The van der Waals surface area contributed by atoms with E-state index in [0.29, 0.717) is 23.1 Å². The van der Waals surface area contributed by atoms with Crippen molar-refractivity contribution in [3.05, 3.63) is 64.4 Å². The zero-order valence-corrected chi connectivity index (χ0v) is 14.3.